The van der Waals surface area contributed by atoms with E-state index in [1.165, 1.54) is 11.3 Å². The van der Waals surface area contributed by atoms with Crippen LogP contribution in [0.2, 0.25) is 5.02 Å². The van der Waals surface area contributed by atoms with Gasteiger partial charge < -0.3 is 14.8 Å². The lowest BCUT2D eigenvalue weighted by atomic mass is 10.0. The van der Waals surface area contributed by atoms with E-state index in [2.05, 4.69) is 15.6 Å². The molecule has 38 heavy (non-hydrogen) atoms. The first-order valence-electron chi connectivity index (χ1n) is 12.1. The number of hydrogen-bond donors (Lipinski definition) is 2. The Morgan fingerprint density at radius 1 is 0.921 bits per heavy atom. The Labute approximate surface area is 230 Å². The van der Waals surface area contributed by atoms with E-state index in [9.17, 15) is 9.59 Å². The Bertz CT molecular complexity index is 1360. The number of methoxy groups -OCH3 is 1. The van der Waals surface area contributed by atoms with Gasteiger partial charge in [0.25, 0.3) is 11.8 Å². The second-order valence-corrected chi connectivity index (χ2v) is 10.0. The lowest BCUT2D eigenvalue weighted by molar-refractivity contribution is 0.0916. The van der Waals surface area contributed by atoms with Crippen LogP contribution in [0, 0.1) is 0 Å². The third-order valence-corrected chi connectivity index (χ3v) is 6.58. The molecule has 4 rings (SSSR count). The van der Waals surface area contributed by atoms with Gasteiger partial charge in [0.2, 0.25) is 0 Å². The molecule has 3 aromatic carbocycles. The maximum atomic E-state index is 12.9. The highest BCUT2D eigenvalue weighted by Gasteiger charge is 2.13. The fourth-order valence-corrected chi connectivity index (χ4v) is 4.46. The van der Waals surface area contributed by atoms with E-state index >= 15 is 0 Å². The Kier molecular flexibility index (Phi) is 9.48. The second kappa shape index (κ2) is 13.2. The van der Waals surface area contributed by atoms with Gasteiger partial charge in [0.15, 0.2) is 5.13 Å². The summed E-state index contributed by atoms with van der Waals surface area (Å²) in [4.78, 5) is 29.5. The van der Waals surface area contributed by atoms with Crippen LogP contribution in [0.5, 0.6) is 5.75 Å². The number of aromatic nitrogens is 1. The van der Waals surface area contributed by atoms with E-state index in [1.807, 2.05) is 43.3 Å². The van der Waals surface area contributed by atoms with Crippen LogP contribution in [0.1, 0.15) is 38.8 Å². The standard InChI is InChI=1S/C29H28ClN3O4S/c1-19(18-36-2)37-26-16-21(15-23(17-26)28(35)33-29-31-13-14-38-29)4-3-20-5-11-25(12-6-20)32-27(34)22-7-9-24(30)10-8-22/h5-17,19H,3-4,18H2,1-2H3,(H,32,34)(H,31,33,35)/t19-/m0/s1. The van der Waals surface area contributed by atoms with Gasteiger partial charge in [-0.2, -0.15) is 0 Å². The fraction of sp³-hybridized carbons (Fsp3) is 0.207. The number of anilines is 2. The molecule has 0 radical (unpaired) electrons. The van der Waals surface area contributed by atoms with Crippen LogP contribution in [0.3, 0.4) is 0 Å². The summed E-state index contributed by atoms with van der Waals surface area (Å²) in [6.07, 6.45) is 2.92. The number of nitrogens with zero attached hydrogens (tertiary/aromatic N) is 1. The number of rotatable bonds is 11. The predicted octanol–water partition coefficient (Wildman–Crippen LogP) is 6.50. The number of aryl methyl sites for hydroxylation is 2. The minimum atomic E-state index is -0.244. The van der Waals surface area contributed by atoms with Gasteiger partial charge in [-0.25, -0.2) is 4.98 Å². The van der Waals surface area contributed by atoms with E-state index in [0.29, 0.717) is 45.7 Å². The lowest BCUT2D eigenvalue weighted by Crippen LogP contribution is -2.19. The van der Waals surface area contributed by atoms with E-state index in [1.54, 1.807) is 49.0 Å². The molecule has 1 aromatic heterocycles. The summed E-state index contributed by atoms with van der Waals surface area (Å²) in [5, 5.41) is 8.65. The number of nitrogens with one attached hydrogen (secondary N) is 2. The number of halogens is 1. The molecule has 0 aliphatic heterocycles. The van der Waals surface area contributed by atoms with Crippen molar-refractivity contribution in [1.29, 1.82) is 0 Å². The van der Waals surface area contributed by atoms with Gasteiger partial charge in [0.1, 0.15) is 11.9 Å². The molecule has 0 saturated carbocycles. The Hall–Kier alpha value is -3.72. The first-order chi connectivity index (χ1) is 18.4. The smallest absolute Gasteiger partial charge is 0.257 e. The number of benzene rings is 3. The zero-order chi connectivity index (χ0) is 26.9. The molecule has 0 aliphatic rings. The number of hydrogen-bond acceptors (Lipinski definition) is 6. The molecule has 0 saturated heterocycles. The van der Waals surface area contributed by atoms with Gasteiger partial charge in [-0.05, 0) is 85.5 Å². The van der Waals surface area contributed by atoms with Crippen LogP contribution in [-0.4, -0.2) is 36.6 Å². The highest BCUT2D eigenvalue weighted by molar-refractivity contribution is 7.13. The molecule has 1 atom stereocenters. The zero-order valence-corrected chi connectivity index (χ0v) is 22.6. The summed E-state index contributed by atoms with van der Waals surface area (Å²) in [7, 11) is 1.62. The van der Waals surface area contributed by atoms with Crippen molar-refractivity contribution in [2.45, 2.75) is 25.9 Å². The number of ether oxygens (including phenoxy) is 2. The average Bonchev–Trinajstić information content (AvgIpc) is 3.41. The number of thiazole rings is 1. The number of carbonyl (C=O) groups excluding carboxylic acids is 2. The minimum Gasteiger partial charge on any atom is -0.488 e. The van der Waals surface area contributed by atoms with Crippen molar-refractivity contribution in [2.75, 3.05) is 24.4 Å². The van der Waals surface area contributed by atoms with E-state index < -0.39 is 0 Å². The number of amides is 2. The maximum absolute atomic E-state index is 12.9. The summed E-state index contributed by atoms with van der Waals surface area (Å²) in [5.41, 5.74) is 3.81. The third-order valence-electron chi connectivity index (χ3n) is 5.64. The summed E-state index contributed by atoms with van der Waals surface area (Å²) >= 11 is 7.26. The zero-order valence-electron chi connectivity index (χ0n) is 21.1. The van der Waals surface area contributed by atoms with Crippen LogP contribution in [-0.2, 0) is 17.6 Å². The summed E-state index contributed by atoms with van der Waals surface area (Å²) < 4.78 is 11.2. The lowest BCUT2D eigenvalue weighted by Gasteiger charge is -2.16. The molecule has 0 spiro atoms. The minimum absolute atomic E-state index is 0.166. The molecule has 0 aliphatic carbocycles. The predicted molar refractivity (Wildman–Crippen MR) is 152 cm³/mol. The molecule has 196 valence electrons. The van der Waals surface area contributed by atoms with Gasteiger partial charge in [-0.1, -0.05) is 23.7 Å². The van der Waals surface area contributed by atoms with Gasteiger partial charge in [0.05, 0.1) is 6.61 Å². The molecule has 2 N–H and O–H groups in total. The molecule has 0 unspecified atom stereocenters. The molecule has 9 heteroatoms. The molecular weight excluding hydrogens is 522 g/mol. The highest BCUT2D eigenvalue weighted by Crippen LogP contribution is 2.23. The van der Waals surface area contributed by atoms with Crippen molar-refractivity contribution in [3.63, 3.8) is 0 Å². The normalized spacial score (nSPS) is 11.6. The van der Waals surface area contributed by atoms with E-state index in [0.717, 1.165) is 17.5 Å². The van der Waals surface area contributed by atoms with Gasteiger partial charge in [0, 0.05) is 40.5 Å². The Morgan fingerprint density at radius 3 is 2.32 bits per heavy atom. The van der Waals surface area contributed by atoms with Crippen LogP contribution in [0.4, 0.5) is 10.8 Å². The molecule has 4 aromatic rings. The first kappa shape index (κ1) is 27.3. The van der Waals surface area contributed by atoms with Crippen LogP contribution >= 0.6 is 22.9 Å². The average molecular weight is 550 g/mol. The summed E-state index contributed by atoms with van der Waals surface area (Å²) in [5.74, 6) is 0.168. The Morgan fingerprint density at radius 2 is 1.63 bits per heavy atom. The topological polar surface area (TPSA) is 89.5 Å². The fourth-order valence-electron chi connectivity index (χ4n) is 3.81. The van der Waals surface area contributed by atoms with Crippen molar-refractivity contribution in [3.05, 3.63) is 106 Å². The van der Waals surface area contributed by atoms with Crippen LogP contribution in [0.15, 0.2) is 78.3 Å². The van der Waals surface area contributed by atoms with Crippen molar-refractivity contribution >= 4 is 45.6 Å². The molecule has 1 heterocycles. The third kappa shape index (κ3) is 7.89. The summed E-state index contributed by atoms with van der Waals surface area (Å²) in [6.45, 7) is 2.35. The largest absolute Gasteiger partial charge is 0.488 e. The molecule has 0 bridgehead atoms. The quantitative estimate of drug-likeness (QED) is 0.223. The van der Waals surface area contributed by atoms with E-state index in [4.69, 9.17) is 21.1 Å². The van der Waals surface area contributed by atoms with Gasteiger partial charge in [-0.3, -0.25) is 14.9 Å². The SMILES string of the molecule is COC[C@H](C)Oc1cc(CCc2ccc(NC(=O)c3ccc(Cl)cc3)cc2)cc(C(=O)Nc2nccs2)c1. The van der Waals surface area contributed by atoms with Crippen molar-refractivity contribution in [1.82, 2.24) is 4.98 Å². The highest BCUT2D eigenvalue weighted by atomic mass is 35.5. The second-order valence-electron chi connectivity index (χ2n) is 8.70. The molecule has 0 fully saturated rings. The first-order valence-corrected chi connectivity index (χ1v) is 13.3. The van der Waals surface area contributed by atoms with Crippen LogP contribution < -0.4 is 15.4 Å². The van der Waals surface area contributed by atoms with Crippen molar-refractivity contribution < 1.29 is 19.1 Å². The van der Waals surface area contributed by atoms with Crippen molar-refractivity contribution in [2.24, 2.45) is 0 Å². The molecule has 2 amide bonds. The van der Waals surface area contributed by atoms with Crippen molar-refractivity contribution in [3.8, 4) is 5.75 Å². The monoisotopic (exact) mass is 549 g/mol. The number of carbonyl (C=O) groups is 2. The van der Waals surface area contributed by atoms with Gasteiger partial charge in [-0.15, -0.1) is 11.3 Å². The summed E-state index contributed by atoms with van der Waals surface area (Å²) in [6, 6.07) is 20.0. The van der Waals surface area contributed by atoms with Gasteiger partial charge >= 0.3 is 0 Å². The van der Waals surface area contributed by atoms with Crippen LogP contribution in [0.25, 0.3) is 0 Å². The molecular formula is C29H28ClN3O4S. The van der Waals surface area contributed by atoms with E-state index in [-0.39, 0.29) is 17.9 Å². The Balaban J connectivity index is 1.43. The maximum Gasteiger partial charge on any atom is 0.257 e. The molecule has 7 nitrogen and oxygen atoms in total.